The molecule has 2 aromatic heterocycles. The first kappa shape index (κ1) is 17.6. The standard InChI is InChI=1S/C23H23N5O/c29-23(19-9-4-10-20-18(19)11-12-24-20)25-17-8-5-13-28(15-17)22-14-21(26-27-22)16-6-2-1-3-7-16/h1-4,6-7,9-12,14,17,24H,5,8,13,15H2,(H,25,29)(H,26,27)/t17-/m0/s1. The summed E-state index contributed by atoms with van der Waals surface area (Å²) in [6.45, 7) is 1.70. The van der Waals surface area contributed by atoms with E-state index in [-0.39, 0.29) is 11.9 Å². The minimum absolute atomic E-state index is 0.0194. The molecule has 0 unspecified atom stereocenters. The van der Waals surface area contributed by atoms with Crippen molar-refractivity contribution in [1.82, 2.24) is 20.5 Å². The van der Waals surface area contributed by atoms with Crippen LogP contribution in [0, 0.1) is 0 Å². The van der Waals surface area contributed by atoms with E-state index in [2.05, 4.69) is 43.6 Å². The highest BCUT2D eigenvalue weighted by Gasteiger charge is 2.24. The van der Waals surface area contributed by atoms with Crippen LogP contribution in [0.4, 0.5) is 5.82 Å². The largest absolute Gasteiger partial charge is 0.361 e. The summed E-state index contributed by atoms with van der Waals surface area (Å²) in [6.07, 6.45) is 3.86. The maximum absolute atomic E-state index is 12.9. The van der Waals surface area contributed by atoms with Crippen LogP contribution in [-0.4, -0.2) is 40.2 Å². The molecule has 3 heterocycles. The van der Waals surface area contributed by atoms with E-state index in [1.807, 2.05) is 48.7 Å². The lowest BCUT2D eigenvalue weighted by molar-refractivity contribution is 0.0935. The Morgan fingerprint density at radius 2 is 2.00 bits per heavy atom. The molecule has 1 aliphatic heterocycles. The average Bonchev–Trinajstić information content (AvgIpc) is 3.44. The average molecular weight is 385 g/mol. The van der Waals surface area contributed by atoms with Gasteiger partial charge in [0.25, 0.3) is 5.91 Å². The van der Waals surface area contributed by atoms with Crippen LogP contribution in [0.5, 0.6) is 0 Å². The number of benzene rings is 2. The van der Waals surface area contributed by atoms with Crippen molar-refractivity contribution in [2.24, 2.45) is 0 Å². The third-order valence-electron chi connectivity index (χ3n) is 5.57. The molecule has 0 radical (unpaired) electrons. The van der Waals surface area contributed by atoms with Gasteiger partial charge in [0.15, 0.2) is 5.82 Å². The Morgan fingerprint density at radius 3 is 2.90 bits per heavy atom. The maximum atomic E-state index is 12.9. The number of rotatable bonds is 4. The number of anilines is 1. The van der Waals surface area contributed by atoms with Crippen LogP contribution in [0.25, 0.3) is 22.2 Å². The van der Waals surface area contributed by atoms with E-state index in [4.69, 9.17) is 0 Å². The second-order valence-electron chi connectivity index (χ2n) is 7.51. The monoisotopic (exact) mass is 385 g/mol. The molecule has 0 aliphatic carbocycles. The van der Waals surface area contributed by atoms with E-state index < -0.39 is 0 Å². The van der Waals surface area contributed by atoms with Crippen LogP contribution in [0.3, 0.4) is 0 Å². The molecular formula is C23H23N5O. The summed E-state index contributed by atoms with van der Waals surface area (Å²) in [4.78, 5) is 18.3. The molecule has 0 saturated carbocycles. The number of hydrogen-bond donors (Lipinski definition) is 3. The van der Waals surface area contributed by atoms with Crippen LogP contribution in [0.15, 0.2) is 66.9 Å². The third-order valence-corrected chi connectivity index (χ3v) is 5.57. The number of fused-ring (bicyclic) bond motifs is 1. The molecule has 2 aromatic carbocycles. The van der Waals surface area contributed by atoms with Gasteiger partial charge in [-0.25, -0.2) is 0 Å². The Bertz CT molecular complexity index is 1130. The molecule has 1 fully saturated rings. The van der Waals surface area contributed by atoms with E-state index >= 15 is 0 Å². The second kappa shape index (κ2) is 7.47. The Morgan fingerprint density at radius 1 is 1.10 bits per heavy atom. The van der Waals surface area contributed by atoms with Gasteiger partial charge in [0.1, 0.15) is 0 Å². The summed E-state index contributed by atoms with van der Waals surface area (Å²) < 4.78 is 0. The first-order chi connectivity index (χ1) is 14.3. The van der Waals surface area contributed by atoms with Crippen LogP contribution in [0.2, 0.25) is 0 Å². The molecule has 6 heteroatoms. The van der Waals surface area contributed by atoms with Crippen molar-refractivity contribution in [2.75, 3.05) is 18.0 Å². The number of aromatic nitrogens is 3. The maximum Gasteiger partial charge on any atom is 0.252 e. The second-order valence-corrected chi connectivity index (χ2v) is 7.51. The molecule has 29 heavy (non-hydrogen) atoms. The lowest BCUT2D eigenvalue weighted by Gasteiger charge is -2.33. The summed E-state index contributed by atoms with van der Waals surface area (Å²) in [7, 11) is 0. The van der Waals surface area contributed by atoms with Gasteiger partial charge in [-0.15, -0.1) is 0 Å². The number of hydrogen-bond acceptors (Lipinski definition) is 3. The van der Waals surface area contributed by atoms with Crippen molar-refractivity contribution in [3.8, 4) is 11.3 Å². The van der Waals surface area contributed by atoms with E-state index in [1.165, 1.54) is 0 Å². The van der Waals surface area contributed by atoms with E-state index in [0.29, 0.717) is 5.56 Å². The van der Waals surface area contributed by atoms with Gasteiger partial charge in [0.05, 0.1) is 5.69 Å². The van der Waals surface area contributed by atoms with Gasteiger partial charge in [-0.1, -0.05) is 36.4 Å². The minimum atomic E-state index is -0.0194. The Labute approximate surface area is 168 Å². The molecule has 5 rings (SSSR count). The third kappa shape index (κ3) is 3.49. The number of H-pyrrole nitrogens is 2. The van der Waals surface area contributed by atoms with E-state index in [1.54, 1.807) is 0 Å². The van der Waals surface area contributed by atoms with Crippen molar-refractivity contribution in [3.63, 3.8) is 0 Å². The highest BCUT2D eigenvalue weighted by Crippen LogP contribution is 2.24. The van der Waals surface area contributed by atoms with Crippen molar-refractivity contribution in [3.05, 3.63) is 72.4 Å². The molecule has 1 saturated heterocycles. The van der Waals surface area contributed by atoms with Gasteiger partial charge in [-0.3, -0.25) is 9.89 Å². The van der Waals surface area contributed by atoms with Crippen molar-refractivity contribution in [2.45, 2.75) is 18.9 Å². The summed E-state index contributed by atoms with van der Waals surface area (Å²) >= 11 is 0. The minimum Gasteiger partial charge on any atom is -0.361 e. The number of carbonyl (C=O) groups excluding carboxylic acids is 1. The van der Waals surface area contributed by atoms with Crippen molar-refractivity contribution < 1.29 is 4.79 Å². The summed E-state index contributed by atoms with van der Waals surface area (Å²) in [5, 5.41) is 11.8. The zero-order chi connectivity index (χ0) is 19.6. The van der Waals surface area contributed by atoms with Crippen LogP contribution in [0.1, 0.15) is 23.2 Å². The molecule has 6 nitrogen and oxygen atoms in total. The zero-order valence-electron chi connectivity index (χ0n) is 16.1. The molecule has 1 amide bonds. The molecule has 0 bridgehead atoms. The first-order valence-corrected chi connectivity index (χ1v) is 10.0. The molecule has 3 N–H and O–H groups in total. The first-order valence-electron chi connectivity index (χ1n) is 10.0. The number of piperidine rings is 1. The summed E-state index contributed by atoms with van der Waals surface area (Å²) in [6, 6.07) is 20.1. The number of nitrogens with one attached hydrogen (secondary N) is 3. The van der Waals surface area contributed by atoms with Gasteiger partial charge in [0, 0.05) is 47.9 Å². The highest BCUT2D eigenvalue weighted by molar-refractivity contribution is 6.06. The van der Waals surface area contributed by atoms with E-state index in [9.17, 15) is 4.79 Å². The van der Waals surface area contributed by atoms with Gasteiger partial charge >= 0.3 is 0 Å². The quantitative estimate of drug-likeness (QED) is 0.498. The van der Waals surface area contributed by atoms with Crippen LogP contribution in [-0.2, 0) is 0 Å². The molecule has 1 atom stereocenters. The van der Waals surface area contributed by atoms with Gasteiger partial charge in [-0.05, 0) is 36.6 Å². The van der Waals surface area contributed by atoms with Crippen molar-refractivity contribution >= 4 is 22.6 Å². The zero-order valence-corrected chi connectivity index (χ0v) is 16.1. The Kier molecular flexibility index (Phi) is 4.52. The lowest BCUT2D eigenvalue weighted by Crippen LogP contribution is -2.48. The summed E-state index contributed by atoms with van der Waals surface area (Å²) in [5.74, 6) is 0.907. The molecular weight excluding hydrogens is 362 g/mol. The number of carbonyl (C=O) groups is 1. The normalized spacial score (nSPS) is 16.8. The Balaban J connectivity index is 1.29. The lowest BCUT2D eigenvalue weighted by atomic mass is 10.0. The highest BCUT2D eigenvalue weighted by atomic mass is 16.1. The van der Waals surface area contributed by atoms with Crippen LogP contribution >= 0.6 is 0 Å². The summed E-state index contributed by atoms with van der Waals surface area (Å²) in [5.41, 5.74) is 3.82. The van der Waals surface area contributed by atoms with E-state index in [0.717, 1.165) is 53.9 Å². The smallest absolute Gasteiger partial charge is 0.252 e. The van der Waals surface area contributed by atoms with Gasteiger partial charge in [-0.2, -0.15) is 5.10 Å². The Hall–Kier alpha value is -3.54. The molecule has 1 aliphatic rings. The fourth-order valence-electron chi connectivity index (χ4n) is 4.09. The van der Waals surface area contributed by atoms with Crippen LogP contribution < -0.4 is 10.2 Å². The predicted molar refractivity (Wildman–Crippen MR) is 115 cm³/mol. The van der Waals surface area contributed by atoms with Gasteiger partial charge < -0.3 is 15.2 Å². The molecule has 146 valence electrons. The predicted octanol–water partition coefficient (Wildman–Crippen LogP) is 3.96. The number of nitrogens with zero attached hydrogens (tertiary/aromatic N) is 2. The fraction of sp³-hybridized carbons (Fsp3) is 0.217. The number of aromatic amines is 2. The molecule has 0 spiro atoms. The van der Waals surface area contributed by atoms with Crippen molar-refractivity contribution in [1.29, 1.82) is 0 Å². The number of amides is 1. The topological polar surface area (TPSA) is 76.8 Å². The van der Waals surface area contributed by atoms with Gasteiger partial charge in [0.2, 0.25) is 0 Å². The SMILES string of the molecule is O=C(N[C@H]1CCCN(c2cc(-c3ccccc3)[nH]n2)C1)c1cccc2[nH]ccc12. The fourth-order valence-corrected chi connectivity index (χ4v) is 4.09. The molecule has 4 aromatic rings.